The Hall–Kier alpha value is -2.61. The van der Waals surface area contributed by atoms with Gasteiger partial charge in [0.15, 0.2) is 6.29 Å². The molecule has 0 heterocycles. The monoisotopic (exact) mass is 231 g/mol. The smallest absolute Gasteiger partial charge is 0.328 e. The molecule has 0 atom stereocenters. The van der Waals surface area contributed by atoms with Crippen molar-refractivity contribution in [3.63, 3.8) is 0 Å². The van der Waals surface area contributed by atoms with Crippen LogP contribution in [0.4, 0.5) is 0 Å². The van der Waals surface area contributed by atoms with Crippen LogP contribution in [0.1, 0.15) is 21.5 Å². The molecule has 1 rings (SSSR count). The molecule has 0 saturated carbocycles. The Bertz CT molecular complexity index is 526. The average molecular weight is 231 g/mol. The Kier molecular flexibility index (Phi) is 4.01. The first-order valence-corrected chi connectivity index (χ1v) is 4.60. The molecular weight excluding hydrogens is 222 g/mol. The second-order valence-electron chi connectivity index (χ2n) is 3.08. The van der Waals surface area contributed by atoms with Crippen LogP contribution < -0.4 is 4.74 Å². The van der Waals surface area contributed by atoms with Gasteiger partial charge in [0.1, 0.15) is 11.8 Å². The number of ether oxygens (including phenoxy) is 1. The third kappa shape index (κ3) is 2.92. The van der Waals surface area contributed by atoms with Crippen LogP contribution in [0.3, 0.4) is 0 Å². The molecule has 1 aromatic rings. The van der Waals surface area contributed by atoms with Gasteiger partial charge in [-0.05, 0) is 23.8 Å². The first kappa shape index (κ1) is 12.5. The fourth-order valence-electron chi connectivity index (χ4n) is 1.29. The van der Waals surface area contributed by atoms with Crippen molar-refractivity contribution in [2.75, 3.05) is 7.11 Å². The van der Waals surface area contributed by atoms with Crippen molar-refractivity contribution in [1.29, 1.82) is 5.26 Å². The molecule has 5 heteroatoms. The van der Waals surface area contributed by atoms with E-state index in [0.29, 0.717) is 17.6 Å². The first-order valence-electron chi connectivity index (χ1n) is 4.60. The van der Waals surface area contributed by atoms with Crippen LogP contribution in [-0.4, -0.2) is 24.5 Å². The van der Waals surface area contributed by atoms with Crippen molar-refractivity contribution in [3.05, 3.63) is 34.9 Å². The average Bonchev–Trinajstić information content (AvgIpc) is 2.34. The third-order valence-electron chi connectivity index (χ3n) is 2.05. The Labute approximate surface area is 97.6 Å². The minimum Gasteiger partial charge on any atom is -0.497 e. The zero-order valence-electron chi connectivity index (χ0n) is 9.01. The molecule has 0 saturated heterocycles. The lowest BCUT2D eigenvalue weighted by atomic mass is 10.0. The van der Waals surface area contributed by atoms with Gasteiger partial charge in [-0.2, -0.15) is 5.26 Å². The van der Waals surface area contributed by atoms with Gasteiger partial charge in [-0.3, -0.25) is 4.79 Å². The van der Waals surface area contributed by atoms with Gasteiger partial charge in [0.2, 0.25) is 0 Å². The van der Waals surface area contributed by atoms with Crippen LogP contribution in [0, 0.1) is 11.3 Å². The van der Waals surface area contributed by atoms with Crippen molar-refractivity contribution < 1.29 is 19.4 Å². The number of carboxylic acid groups (broad SMARTS) is 1. The van der Waals surface area contributed by atoms with Crippen molar-refractivity contribution in [3.8, 4) is 11.8 Å². The van der Waals surface area contributed by atoms with Gasteiger partial charge in [-0.15, -0.1) is 0 Å². The van der Waals surface area contributed by atoms with Crippen molar-refractivity contribution in [1.82, 2.24) is 0 Å². The van der Waals surface area contributed by atoms with Crippen LogP contribution in [0.5, 0.6) is 5.75 Å². The summed E-state index contributed by atoms with van der Waals surface area (Å²) in [5.74, 6) is -0.750. The van der Waals surface area contributed by atoms with E-state index in [0.717, 1.165) is 6.08 Å². The molecular formula is C12H9NO4. The number of methoxy groups -OCH3 is 1. The molecule has 0 amide bonds. The van der Waals surface area contributed by atoms with Crippen molar-refractivity contribution >= 4 is 18.3 Å². The van der Waals surface area contributed by atoms with E-state index >= 15 is 0 Å². The molecule has 0 aromatic heterocycles. The minimum absolute atomic E-state index is 0.123. The van der Waals surface area contributed by atoms with E-state index in [1.54, 1.807) is 0 Å². The Balaban J connectivity index is 3.40. The summed E-state index contributed by atoms with van der Waals surface area (Å²) in [5.41, 5.74) is 0.617. The second-order valence-corrected chi connectivity index (χ2v) is 3.08. The van der Waals surface area contributed by atoms with E-state index in [1.165, 1.54) is 25.3 Å². The topological polar surface area (TPSA) is 87.4 Å². The summed E-state index contributed by atoms with van der Waals surface area (Å²) < 4.78 is 4.95. The predicted molar refractivity (Wildman–Crippen MR) is 59.8 cm³/mol. The van der Waals surface area contributed by atoms with E-state index in [4.69, 9.17) is 15.1 Å². The lowest BCUT2D eigenvalue weighted by Gasteiger charge is -2.05. The van der Waals surface area contributed by atoms with Crippen LogP contribution in [0.15, 0.2) is 18.2 Å². The van der Waals surface area contributed by atoms with Crippen LogP contribution in [0.25, 0.3) is 6.08 Å². The van der Waals surface area contributed by atoms with Crippen molar-refractivity contribution in [2.24, 2.45) is 0 Å². The number of benzene rings is 1. The number of hydrogen-bond acceptors (Lipinski definition) is 4. The third-order valence-corrected chi connectivity index (χ3v) is 2.05. The summed E-state index contributed by atoms with van der Waals surface area (Å²) >= 11 is 0. The number of carbonyl (C=O) groups is 2. The molecule has 0 bridgehead atoms. The number of carboxylic acids is 1. The van der Waals surface area contributed by atoms with E-state index in [-0.39, 0.29) is 11.1 Å². The fraction of sp³-hybridized carbons (Fsp3) is 0.0833. The van der Waals surface area contributed by atoms with Gasteiger partial charge in [-0.25, -0.2) is 4.79 Å². The quantitative estimate of drug-likeness (QED) is 0.626. The maximum absolute atomic E-state index is 10.8. The van der Waals surface area contributed by atoms with Gasteiger partial charge >= 0.3 is 5.97 Å². The molecule has 0 aliphatic heterocycles. The molecule has 86 valence electrons. The molecule has 0 aliphatic rings. The van der Waals surface area contributed by atoms with E-state index in [9.17, 15) is 9.59 Å². The van der Waals surface area contributed by atoms with Crippen LogP contribution in [-0.2, 0) is 4.79 Å². The number of aliphatic carboxylic acids is 1. The number of hydrogen-bond donors (Lipinski definition) is 1. The Morgan fingerprint density at radius 2 is 2.12 bits per heavy atom. The molecule has 0 unspecified atom stereocenters. The van der Waals surface area contributed by atoms with E-state index in [2.05, 4.69) is 0 Å². The summed E-state index contributed by atoms with van der Waals surface area (Å²) in [6.45, 7) is 0. The molecule has 1 aromatic carbocycles. The van der Waals surface area contributed by atoms with Gasteiger partial charge < -0.3 is 9.84 Å². The standard InChI is InChI=1S/C12H9NO4/c1-17-10-4-8(2-3-12(15)16)11(6-13)9(5-10)7-14/h2-5,7H,1H3,(H,15,16)/b3-2+. The zero-order valence-corrected chi connectivity index (χ0v) is 9.01. The summed E-state index contributed by atoms with van der Waals surface area (Å²) in [7, 11) is 1.42. The summed E-state index contributed by atoms with van der Waals surface area (Å²) in [4.78, 5) is 21.2. The summed E-state index contributed by atoms with van der Waals surface area (Å²) in [6.07, 6.45) is 2.67. The molecule has 0 aliphatic carbocycles. The maximum atomic E-state index is 10.8. The molecule has 0 fully saturated rings. The van der Waals surface area contributed by atoms with E-state index < -0.39 is 5.97 Å². The highest BCUT2D eigenvalue weighted by Gasteiger charge is 2.09. The highest BCUT2D eigenvalue weighted by Crippen LogP contribution is 2.22. The predicted octanol–water partition coefficient (Wildman–Crippen LogP) is 1.48. The SMILES string of the molecule is COc1cc(C=O)c(C#N)c(/C=C/C(=O)O)c1. The fourth-order valence-corrected chi connectivity index (χ4v) is 1.29. The van der Waals surface area contributed by atoms with Gasteiger partial charge in [0.25, 0.3) is 0 Å². The van der Waals surface area contributed by atoms with Crippen LogP contribution in [0.2, 0.25) is 0 Å². The lowest BCUT2D eigenvalue weighted by Crippen LogP contribution is -1.95. The largest absolute Gasteiger partial charge is 0.497 e. The van der Waals surface area contributed by atoms with E-state index in [1.807, 2.05) is 6.07 Å². The number of aldehydes is 1. The highest BCUT2D eigenvalue weighted by molar-refractivity contribution is 5.88. The first-order chi connectivity index (χ1) is 8.12. The Morgan fingerprint density at radius 3 is 2.59 bits per heavy atom. The normalized spacial score (nSPS) is 9.88. The second kappa shape index (κ2) is 5.47. The van der Waals surface area contributed by atoms with Gasteiger partial charge in [0, 0.05) is 11.6 Å². The zero-order chi connectivity index (χ0) is 12.8. The summed E-state index contributed by atoms with van der Waals surface area (Å²) in [6, 6.07) is 4.77. The molecule has 0 spiro atoms. The highest BCUT2D eigenvalue weighted by atomic mass is 16.5. The number of nitrogens with zero attached hydrogens (tertiary/aromatic N) is 1. The lowest BCUT2D eigenvalue weighted by molar-refractivity contribution is -0.131. The van der Waals surface area contributed by atoms with Crippen LogP contribution >= 0.6 is 0 Å². The van der Waals surface area contributed by atoms with Gasteiger partial charge in [0.05, 0.1) is 12.7 Å². The minimum atomic E-state index is -1.13. The number of nitriles is 1. The number of carbonyl (C=O) groups excluding carboxylic acids is 1. The maximum Gasteiger partial charge on any atom is 0.328 e. The Morgan fingerprint density at radius 1 is 1.47 bits per heavy atom. The summed E-state index contributed by atoms with van der Waals surface area (Å²) in [5, 5.41) is 17.4. The van der Waals surface area contributed by atoms with Gasteiger partial charge in [-0.1, -0.05) is 0 Å². The molecule has 17 heavy (non-hydrogen) atoms. The molecule has 0 radical (unpaired) electrons. The molecule has 5 nitrogen and oxygen atoms in total. The van der Waals surface area contributed by atoms with Crippen molar-refractivity contribution in [2.45, 2.75) is 0 Å². The number of rotatable bonds is 4. The molecule has 1 N–H and O–H groups in total.